The quantitative estimate of drug-likeness (QED) is 0.171. The van der Waals surface area contributed by atoms with Crippen LogP contribution in [0.15, 0.2) is 131 Å². The van der Waals surface area contributed by atoms with Crippen molar-refractivity contribution in [2.45, 2.75) is 25.8 Å². The van der Waals surface area contributed by atoms with Crippen molar-refractivity contribution in [2.24, 2.45) is 9.98 Å². The number of carbonyl (C=O) groups is 2. The molecule has 4 aromatic rings. The van der Waals surface area contributed by atoms with Gasteiger partial charge in [-0.25, -0.2) is 0 Å². The van der Waals surface area contributed by atoms with Crippen LogP contribution >= 0.6 is 0 Å². The Bertz CT molecular complexity index is 1360. The highest BCUT2D eigenvalue weighted by Crippen LogP contribution is 2.14. The summed E-state index contributed by atoms with van der Waals surface area (Å²) in [5, 5.41) is 0. The number of ketones is 2. The third-order valence-corrected chi connectivity index (χ3v) is 5.98. The molecule has 0 heterocycles. The van der Waals surface area contributed by atoms with E-state index in [4.69, 9.17) is 9.98 Å². The van der Waals surface area contributed by atoms with Crippen LogP contribution in [0, 0.1) is 0 Å². The Labute approximate surface area is 218 Å². The highest BCUT2D eigenvalue weighted by atomic mass is 16.1. The summed E-state index contributed by atoms with van der Waals surface area (Å²) < 4.78 is 0. The summed E-state index contributed by atoms with van der Waals surface area (Å²) in [4.78, 5) is 35.7. The van der Waals surface area contributed by atoms with Crippen LogP contribution in [-0.2, 0) is 0 Å². The molecule has 4 rings (SSSR count). The predicted octanol–water partition coefficient (Wildman–Crippen LogP) is 6.90. The van der Waals surface area contributed by atoms with Crippen molar-refractivity contribution in [1.82, 2.24) is 0 Å². The molecule has 0 aliphatic carbocycles. The van der Waals surface area contributed by atoms with Crippen molar-refractivity contribution >= 4 is 23.0 Å². The number of aliphatic imine (C=N–C) groups is 2. The smallest absolute Gasteiger partial charge is 0.168 e. The van der Waals surface area contributed by atoms with E-state index in [2.05, 4.69) is 0 Å². The first-order valence-electron chi connectivity index (χ1n) is 12.5. The first-order valence-corrected chi connectivity index (χ1v) is 12.5. The van der Waals surface area contributed by atoms with E-state index in [1.807, 2.05) is 128 Å². The van der Waals surface area contributed by atoms with Gasteiger partial charge in [0.05, 0.1) is 31.1 Å². The molecule has 1 atom stereocenters. The Hall–Kier alpha value is -4.44. The van der Waals surface area contributed by atoms with Gasteiger partial charge in [-0.2, -0.15) is 0 Å². The Balaban J connectivity index is 1.57. The maximum absolute atomic E-state index is 13.0. The average molecular weight is 487 g/mol. The minimum absolute atomic E-state index is 0.0253. The Morgan fingerprint density at radius 2 is 0.892 bits per heavy atom. The second-order valence-electron chi connectivity index (χ2n) is 8.88. The van der Waals surface area contributed by atoms with Gasteiger partial charge in [-0.1, -0.05) is 121 Å². The van der Waals surface area contributed by atoms with Crippen LogP contribution in [0.25, 0.3) is 0 Å². The SMILES string of the molecule is C[C@@H](CN=C(CC(=O)c1ccccc1)c1ccccc1)N=C(CC(=O)c1ccccc1)c1ccccc1. The number of benzene rings is 4. The molecule has 4 aromatic carbocycles. The number of carbonyl (C=O) groups excluding carboxylic acids is 2. The van der Waals surface area contributed by atoms with Gasteiger partial charge in [0.1, 0.15) is 0 Å². The second-order valence-corrected chi connectivity index (χ2v) is 8.88. The molecule has 0 saturated carbocycles. The first-order chi connectivity index (χ1) is 18.1. The summed E-state index contributed by atoms with van der Waals surface area (Å²) in [6.07, 6.45) is 0.419. The van der Waals surface area contributed by atoms with Crippen LogP contribution < -0.4 is 0 Å². The highest BCUT2D eigenvalue weighted by molar-refractivity contribution is 6.16. The van der Waals surface area contributed by atoms with Gasteiger partial charge in [-0.3, -0.25) is 19.6 Å². The molecule has 4 nitrogen and oxygen atoms in total. The van der Waals surface area contributed by atoms with E-state index >= 15 is 0 Å². The van der Waals surface area contributed by atoms with Gasteiger partial charge in [0.25, 0.3) is 0 Å². The van der Waals surface area contributed by atoms with Gasteiger partial charge < -0.3 is 0 Å². The van der Waals surface area contributed by atoms with E-state index in [9.17, 15) is 9.59 Å². The molecule has 0 spiro atoms. The summed E-state index contributed by atoms with van der Waals surface area (Å²) in [7, 11) is 0. The van der Waals surface area contributed by atoms with Crippen molar-refractivity contribution < 1.29 is 9.59 Å². The Kier molecular flexibility index (Phi) is 9.03. The molecule has 4 heteroatoms. The summed E-state index contributed by atoms with van der Waals surface area (Å²) in [5.74, 6) is 0.0510. The van der Waals surface area contributed by atoms with Crippen LogP contribution in [0.2, 0.25) is 0 Å². The number of nitrogens with zero attached hydrogens (tertiary/aromatic N) is 2. The molecule has 0 bridgehead atoms. The van der Waals surface area contributed by atoms with Gasteiger partial charge >= 0.3 is 0 Å². The summed E-state index contributed by atoms with van der Waals surface area (Å²) in [5.41, 5.74) is 4.65. The molecule has 37 heavy (non-hydrogen) atoms. The Morgan fingerprint density at radius 3 is 1.32 bits per heavy atom. The largest absolute Gasteiger partial charge is 0.294 e. The molecule has 0 amide bonds. The molecule has 184 valence electrons. The van der Waals surface area contributed by atoms with E-state index in [1.165, 1.54) is 0 Å². The topological polar surface area (TPSA) is 58.9 Å². The summed E-state index contributed by atoms with van der Waals surface area (Å²) in [6.45, 7) is 2.39. The normalized spacial score (nSPS) is 12.7. The molecule has 0 aliphatic heterocycles. The van der Waals surface area contributed by atoms with E-state index in [-0.39, 0.29) is 30.4 Å². The van der Waals surface area contributed by atoms with Crippen LogP contribution in [0.5, 0.6) is 0 Å². The van der Waals surface area contributed by atoms with Gasteiger partial charge in [0.2, 0.25) is 0 Å². The molecule has 0 fully saturated rings. The van der Waals surface area contributed by atoms with Crippen molar-refractivity contribution in [2.75, 3.05) is 6.54 Å². The fourth-order valence-corrected chi connectivity index (χ4v) is 4.04. The lowest BCUT2D eigenvalue weighted by Crippen LogP contribution is -2.16. The summed E-state index contributed by atoms with van der Waals surface area (Å²) in [6, 6.07) is 38.0. The minimum atomic E-state index is -0.177. The standard InChI is InChI=1S/C33H30N2O2/c1-25(35-31(27-16-8-3-9-17-27)23-33(37)29-20-12-5-13-21-29)24-34-30(26-14-6-2-7-15-26)22-32(36)28-18-10-4-11-19-28/h2-21,25H,22-24H2,1H3/t25-/m0/s1. The number of hydrogen-bond donors (Lipinski definition) is 0. The van der Waals surface area contributed by atoms with Crippen molar-refractivity contribution in [3.63, 3.8) is 0 Å². The fourth-order valence-electron chi connectivity index (χ4n) is 4.04. The highest BCUT2D eigenvalue weighted by Gasteiger charge is 2.15. The zero-order chi connectivity index (χ0) is 25.9. The van der Waals surface area contributed by atoms with Crippen LogP contribution in [0.1, 0.15) is 51.6 Å². The lowest BCUT2D eigenvalue weighted by molar-refractivity contribution is 0.0992. The number of Topliss-reactive ketones (excluding diaryl/α,β-unsaturated/α-hetero) is 2. The molecule has 0 saturated heterocycles. The molecular weight excluding hydrogens is 456 g/mol. The molecule has 0 aromatic heterocycles. The second kappa shape index (κ2) is 13.0. The maximum atomic E-state index is 13.0. The molecule has 0 radical (unpaired) electrons. The predicted molar refractivity (Wildman–Crippen MR) is 151 cm³/mol. The molecule has 0 N–H and O–H groups in total. The van der Waals surface area contributed by atoms with E-state index in [0.717, 1.165) is 22.6 Å². The van der Waals surface area contributed by atoms with Crippen LogP contribution in [-0.4, -0.2) is 35.6 Å². The Morgan fingerprint density at radius 1 is 0.541 bits per heavy atom. The first kappa shape index (κ1) is 25.6. The third kappa shape index (κ3) is 7.52. The monoisotopic (exact) mass is 486 g/mol. The minimum Gasteiger partial charge on any atom is -0.294 e. The van der Waals surface area contributed by atoms with E-state index < -0.39 is 0 Å². The maximum Gasteiger partial charge on any atom is 0.168 e. The van der Waals surface area contributed by atoms with Crippen LogP contribution in [0.3, 0.4) is 0 Å². The molecular formula is C33H30N2O2. The molecule has 0 aliphatic rings. The van der Waals surface area contributed by atoms with Crippen molar-refractivity contribution in [3.8, 4) is 0 Å². The molecule has 0 unspecified atom stereocenters. The zero-order valence-corrected chi connectivity index (χ0v) is 21.0. The van der Waals surface area contributed by atoms with E-state index in [1.54, 1.807) is 0 Å². The van der Waals surface area contributed by atoms with Gasteiger partial charge in [-0.05, 0) is 18.1 Å². The number of rotatable bonds is 11. The van der Waals surface area contributed by atoms with Gasteiger partial charge in [0.15, 0.2) is 11.6 Å². The van der Waals surface area contributed by atoms with Crippen molar-refractivity contribution in [1.29, 1.82) is 0 Å². The van der Waals surface area contributed by atoms with E-state index in [0.29, 0.717) is 17.7 Å². The third-order valence-electron chi connectivity index (χ3n) is 5.98. The zero-order valence-electron chi connectivity index (χ0n) is 21.0. The average Bonchev–Trinajstić information content (AvgIpc) is 2.96. The van der Waals surface area contributed by atoms with Crippen LogP contribution in [0.4, 0.5) is 0 Å². The lowest BCUT2D eigenvalue weighted by Gasteiger charge is -2.12. The van der Waals surface area contributed by atoms with Crippen molar-refractivity contribution in [3.05, 3.63) is 144 Å². The number of hydrogen-bond acceptors (Lipinski definition) is 4. The summed E-state index contributed by atoms with van der Waals surface area (Å²) >= 11 is 0. The van der Waals surface area contributed by atoms with Gasteiger partial charge in [0, 0.05) is 16.8 Å². The van der Waals surface area contributed by atoms with Gasteiger partial charge in [-0.15, -0.1) is 0 Å². The lowest BCUT2D eigenvalue weighted by atomic mass is 10.00. The fraction of sp³-hybridized carbons (Fsp3) is 0.152.